The van der Waals surface area contributed by atoms with Crippen molar-refractivity contribution in [1.29, 1.82) is 0 Å². The van der Waals surface area contributed by atoms with Crippen molar-refractivity contribution in [3.8, 4) is 0 Å². The van der Waals surface area contributed by atoms with Crippen molar-refractivity contribution in [2.75, 3.05) is 0 Å². The number of carbonyl (C=O) groups excluding carboxylic acids is 2. The van der Waals surface area contributed by atoms with E-state index in [1.54, 1.807) is 18.6 Å². The van der Waals surface area contributed by atoms with Crippen LogP contribution < -0.4 is 0 Å². The second-order valence-corrected chi connectivity index (χ2v) is 4.40. The molecule has 1 atom stereocenters. The summed E-state index contributed by atoms with van der Waals surface area (Å²) in [5.74, 6) is -1.12. The lowest BCUT2D eigenvalue weighted by Gasteiger charge is -2.17. The third-order valence-electron chi connectivity index (χ3n) is 2.72. The summed E-state index contributed by atoms with van der Waals surface area (Å²) >= 11 is 0. The fourth-order valence-corrected chi connectivity index (χ4v) is 1.68. The molecule has 0 amide bonds. The number of rotatable bonds is 11. The van der Waals surface area contributed by atoms with Gasteiger partial charge in [-0.15, -0.1) is 0 Å². The lowest BCUT2D eigenvalue weighted by atomic mass is 9.82. The first-order valence-corrected chi connectivity index (χ1v) is 6.24. The predicted molar refractivity (Wildman–Crippen MR) is 68.6 cm³/mol. The normalized spacial score (nSPS) is 14.3. The summed E-state index contributed by atoms with van der Waals surface area (Å²) in [6.07, 6.45) is 11.0. The van der Waals surface area contributed by atoms with E-state index in [-0.39, 0.29) is 6.42 Å². The minimum atomic E-state index is -1.35. The van der Waals surface area contributed by atoms with Gasteiger partial charge < -0.3 is 5.11 Å². The molecule has 4 heteroatoms. The molecule has 0 bridgehead atoms. The highest BCUT2D eigenvalue weighted by Gasteiger charge is 2.30. The maximum atomic E-state index is 10.9. The minimum absolute atomic E-state index is 0.256. The molecule has 1 N–H and O–H groups in total. The van der Waals surface area contributed by atoms with Crippen molar-refractivity contribution in [2.24, 2.45) is 5.41 Å². The highest BCUT2D eigenvalue weighted by atomic mass is 16.4. The monoisotopic (exact) mass is 252 g/mol. The largest absolute Gasteiger partial charge is 0.481 e. The molecule has 0 heterocycles. The molecule has 1 unspecified atom stereocenters. The maximum Gasteiger partial charge on any atom is 0.304 e. The second-order valence-electron chi connectivity index (χ2n) is 4.40. The van der Waals surface area contributed by atoms with Gasteiger partial charge in [-0.2, -0.15) is 0 Å². The van der Waals surface area contributed by atoms with Crippen LogP contribution >= 0.6 is 0 Å². The van der Waals surface area contributed by atoms with Crippen molar-refractivity contribution in [3.05, 3.63) is 12.2 Å². The van der Waals surface area contributed by atoms with Gasteiger partial charge in [-0.1, -0.05) is 38.3 Å². The standard InChI is InChI=1S/C14H20O4/c1-2-3-4-5-6-7-8-14(12-16,9-10-15)11-13(17)18/h7-8H,2-6,9,11H2,1H3,(H,17,18). The van der Waals surface area contributed by atoms with E-state index in [1.807, 2.05) is 0 Å². The molecule has 0 aliphatic rings. The number of carboxylic acids is 1. The summed E-state index contributed by atoms with van der Waals surface area (Å²) in [5.41, 5.74) is -1.35. The Kier molecular flexibility index (Phi) is 8.80. The van der Waals surface area contributed by atoms with Crippen molar-refractivity contribution in [1.82, 2.24) is 0 Å². The van der Waals surface area contributed by atoms with Gasteiger partial charge in [0.2, 0.25) is 6.29 Å². The summed E-state index contributed by atoms with van der Waals surface area (Å²) in [4.78, 5) is 32.0. The predicted octanol–water partition coefficient (Wildman–Crippen LogP) is 2.58. The van der Waals surface area contributed by atoms with Gasteiger partial charge in [0.1, 0.15) is 0 Å². The van der Waals surface area contributed by atoms with Crippen LogP contribution in [0, 0.1) is 5.41 Å². The molecular formula is C14H20O4. The fraction of sp³-hybridized carbons (Fsp3) is 0.643. The first-order chi connectivity index (χ1) is 8.60. The third-order valence-corrected chi connectivity index (χ3v) is 2.72. The van der Waals surface area contributed by atoms with E-state index in [4.69, 9.17) is 5.11 Å². The Hall–Kier alpha value is -1.45. The molecule has 0 fully saturated rings. The molecule has 0 aromatic heterocycles. The van der Waals surface area contributed by atoms with Gasteiger partial charge in [0.05, 0.1) is 11.8 Å². The Morgan fingerprint density at radius 1 is 1.28 bits per heavy atom. The van der Waals surface area contributed by atoms with Gasteiger partial charge in [-0.25, -0.2) is 0 Å². The molecule has 0 rings (SSSR count). The molecule has 2 radical (unpaired) electrons. The number of allylic oxidation sites excluding steroid dienone is 2. The number of aliphatic carboxylic acids is 1. The maximum absolute atomic E-state index is 10.9. The molecule has 0 spiro atoms. The quantitative estimate of drug-likeness (QED) is 0.453. The summed E-state index contributed by atoms with van der Waals surface area (Å²) < 4.78 is 0. The SMILES string of the molecule is CCCCCCC=CC([C]=O)(C[C]=O)CC(=O)O. The molecule has 0 aliphatic heterocycles. The second kappa shape index (κ2) is 9.57. The first kappa shape index (κ1) is 16.6. The van der Waals surface area contributed by atoms with Crippen LogP contribution in [0.25, 0.3) is 0 Å². The lowest BCUT2D eigenvalue weighted by molar-refractivity contribution is -0.138. The van der Waals surface area contributed by atoms with Crippen molar-refractivity contribution in [2.45, 2.75) is 51.9 Å². The number of hydrogen-bond donors (Lipinski definition) is 1. The number of carboxylic acid groups (broad SMARTS) is 1. The molecule has 0 saturated heterocycles. The smallest absolute Gasteiger partial charge is 0.304 e. The zero-order valence-electron chi connectivity index (χ0n) is 10.8. The van der Waals surface area contributed by atoms with Crippen LogP contribution in [-0.4, -0.2) is 23.6 Å². The van der Waals surface area contributed by atoms with Crippen LogP contribution in [0.2, 0.25) is 0 Å². The molecule has 0 saturated carbocycles. The average molecular weight is 252 g/mol. The number of hydrogen-bond acceptors (Lipinski definition) is 3. The highest BCUT2D eigenvalue weighted by Crippen LogP contribution is 2.25. The Bertz CT molecular complexity index is 296. The molecular weight excluding hydrogens is 232 g/mol. The average Bonchev–Trinajstić information content (AvgIpc) is 2.33. The van der Waals surface area contributed by atoms with Crippen LogP contribution in [0.4, 0.5) is 0 Å². The Balaban J connectivity index is 4.37. The minimum Gasteiger partial charge on any atom is -0.481 e. The summed E-state index contributed by atoms with van der Waals surface area (Å²) in [7, 11) is 0. The van der Waals surface area contributed by atoms with E-state index in [1.165, 1.54) is 6.08 Å². The van der Waals surface area contributed by atoms with Gasteiger partial charge in [0.15, 0.2) is 6.29 Å². The van der Waals surface area contributed by atoms with Gasteiger partial charge in [-0.05, 0) is 12.8 Å². The topological polar surface area (TPSA) is 71.4 Å². The third kappa shape index (κ3) is 6.99. The molecule has 18 heavy (non-hydrogen) atoms. The van der Waals surface area contributed by atoms with Gasteiger partial charge in [0, 0.05) is 6.42 Å². The lowest BCUT2D eigenvalue weighted by Crippen LogP contribution is -2.24. The Labute approximate surface area is 108 Å². The van der Waals surface area contributed by atoms with Crippen LogP contribution in [0.3, 0.4) is 0 Å². The summed E-state index contributed by atoms with van der Waals surface area (Å²) in [6.45, 7) is 2.12. The number of unbranched alkanes of at least 4 members (excludes halogenated alkanes) is 4. The Morgan fingerprint density at radius 2 is 2.00 bits per heavy atom. The van der Waals surface area contributed by atoms with Crippen LogP contribution in [0.5, 0.6) is 0 Å². The fourth-order valence-electron chi connectivity index (χ4n) is 1.68. The van der Waals surface area contributed by atoms with E-state index < -0.39 is 17.8 Å². The van der Waals surface area contributed by atoms with Crippen LogP contribution in [0.1, 0.15) is 51.9 Å². The molecule has 4 nitrogen and oxygen atoms in total. The molecule has 100 valence electrons. The number of carbonyl (C=O) groups is 1. The van der Waals surface area contributed by atoms with E-state index in [0.29, 0.717) is 0 Å². The van der Waals surface area contributed by atoms with Crippen LogP contribution in [0.15, 0.2) is 12.2 Å². The van der Waals surface area contributed by atoms with Gasteiger partial charge in [-0.3, -0.25) is 14.4 Å². The first-order valence-electron chi connectivity index (χ1n) is 6.24. The summed E-state index contributed by atoms with van der Waals surface area (Å²) in [5, 5.41) is 8.74. The highest BCUT2D eigenvalue weighted by molar-refractivity contribution is 5.79. The van der Waals surface area contributed by atoms with Crippen molar-refractivity contribution in [3.63, 3.8) is 0 Å². The van der Waals surface area contributed by atoms with Crippen molar-refractivity contribution >= 4 is 18.5 Å². The van der Waals surface area contributed by atoms with Gasteiger partial charge in [0.25, 0.3) is 0 Å². The van der Waals surface area contributed by atoms with E-state index >= 15 is 0 Å². The molecule has 0 aromatic rings. The van der Waals surface area contributed by atoms with Gasteiger partial charge >= 0.3 is 5.97 Å². The zero-order chi connectivity index (χ0) is 13.9. The zero-order valence-corrected chi connectivity index (χ0v) is 10.8. The van der Waals surface area contributed by atoms with E-state index in [2.05, 4.69) is 6.92 Å². The van der Waals surface area contributed by atoms with Crippen LogP contribution in [-0.2, 0) is 14.4 Å². The summed E-state index contributed by atoms with van der Waals surface area (Å²) in [6, 6.07) is 0. The molecule has 0 aromatic carbocycles. The Morgan fingerprint density at radius 3 is 2.50 bits per heavy atom. The van der Waals surface area contributed by atoms with Crippen molar-refractivity contribution < 1.29 is 19.5 Å². The van der Waals surface area contributed by atoms with E-state index in [0.717, 1.165) is 32.1 Å². The van der Waals surface area contributed by atoms with E-state index in [9.17, 15) is 14.4 Å². The molecule has 0 aliphatic carbocycles.